The second-order valence-corrected chi connectivity index (χ2v) is 4.96. The number of nitrogens with zero attached hydrogens (tertiary/aromatic N) is 2. The highest BCUT2D eigenvalue weighted by atomic mass is 32.1. The topological polar surface area (TPSA) is 42.8 Å². The average Bonchev–Trinajstić information content (AvgIpc) is 3.03. The van der Waals surface area contributed by atoms with Gasteiger partial charge in [0, 0.05) is 6.61 Å². The lowest BCUT2D eigenvalue weighted by Crippen LogP contribution is -2.16. The number of rotatable bonds is 3. The SMILES string of the molecule is Fc1ccccc1-c1n[nH]c(=S)n1C[C@@H]1CCCO1. The Morgan fingerprint density at radius 2 is 2.32 bits per heavy atom. The molecule has 1 aliphatic rings. The smallest absolute Gasteiger partial charge is 0.195 e. The molecule has 1 N–H and O–H groups in total. The standard InChI is InChI=1S/C13H14FN3OS/c14-11-6-2-1-5-10(11)12-15-16-13(19)17(12)8-9-4-3-7-18-9/h1-2,5-6,9H,3-4,7-8H2,(H,16,19)/t9-/m0/s1. The van der Waals surface area contributed by atoms with Gasteiger partial charge in [-0.1, -0.05) is 12.1 Å². The number of hydrogen-bond donors (Lipinski definition) is 1. The Bertz CT molecular complexity index is 631. The van der Waals surface area contributed by atoms with Crippen LogP contribution in [0.3, 0.4) is 0 Å². The van der Waals surface area contributed by atoms with Crippen LogP contribution in [0.1, 0.15) is 12.8 Å². The Morgan fingerprint density at radius 1 is 1.47 bits per heavy atom. The second kappa shape index (κ2) is 5.22. The van der Waals surface area contributed by atoms with Gasteiger partial charge in [0.05, 0.1) is 18.2 Å². The molecule has 0 saturated carbocycles. The average molecular weight is 279 g/mol. The summed E-state index contributed by atoms with van der Waals surface area (Å²) >= 11 is 5.22. The van der Waals surface area contributed by atoms with Crippen molar-refractivity contribution in [2.75, 3.05) is 6.61 Å². The second-order valence-electron chi connectivity index (χ2n) is 4.58. The van der Waals surface area contributed by atoms with Crippen molar-refractivity contribution >= 4 is 12.2 Å². The van der Waals surface area contributed by atoms with Gasteiger partial charge in [-0.2, -0.15) is 5.10 Å². The van der Waals surface area contributed by atoms with Crippen LogP contribution in [-0.4, -0.2) is 27.5 Å². The van der Waals surface area contributed by atoms with E-state index in [2.05, 4.69) is 10.2 Å². The molecule has 0 amide bonds. The van der Waals surface area contributed by atoms with E-state index in [9.17, 15) is 4.39 Å². The summed E-state index contributed by atoms with van der Waals surface area (Å²) in [7, 11) is 0. The quantitative estimate of drug-likeness (QED) is 0.878. The Hall–Kier alpha value is -1.53. The number of nitrogens with one attached hydrogen (secondary N) is 1. The molecule has 1 aliphatic heterocycles. The maximum Gasteiger partial charge on any atom is 0.195 e. The summed E-state index contributed by atoms with van der Waals surface area (Å²) in [5, 5.41) is 6.87. The van der Waals surface area contributed by atoms with Crippen LogP contribution in [0, 0.1) is 10.6 Å². The number of ether oxygens (including phenoxy) is 1. The Labute approximate surface area is 115 Å². The van der Waals surface area contributed by atoms with Crippen molar-refractivity contribution in [3.05, 3.63) is 34.9 Å². The molecule has 2 heterocycles. The minimum absolute atomic E-state index is 0.134. The molecule has 1 saturated heterocycles. The zero-order valence-electron chi connectivity index (χ0n) is 10.3. The van der Waals surface area contributed by atoms with Gasteiger partial charge in [0.1, 0.15) is 5.82 Å². The van der Waals surface area contributed by atoms with Crippen molar-refractivity contribution in [3.8, 4) is 11.4 Å². The third-order valence-electron chi connectivity index (χ3n) is 3.28. The number of aromatic amines is 1. The molecule has 0 unspecified atom stereocenters. The fourth-order valence-corrected chi connectivity index (χ4v) is 2.53. The first-order valence-electron chi connectivity index (χ1n) is 6.27. The van der Waals surface area contributed by atoms with Gasteiger partial charge in [0.15, 0.2) is 10.6 Å². The number of benzene rings is 1. The van der Waals surface area contributed by atoms with E-state index in [1.165, 1.54) is 6.07 Å². The molecule has 0 radical (unpaired) electrons. The maximum absolute atomic E-state index is 13.8. The lowest BCUT2D eigenvalue weighted by atomic mass is 10.2. The van der Waals surface area contributed by atoms with E-state index in [0.29, 0.717) is 22.7 Å². The van der Waals surface area contributed by atoms with Crippen LogP contribution in [0.5, 0.6) is 0 Å². The van der Waals surface area contributed by atoms with Crippen LogP contribution < -0.4 is 0 Å². The van der Waals surface area contributed by atoms with Gasteiger partial charge in [-0.3, -0.25) is 9.67 Å². The Balaban J connectivity index is 1.98. The zero-order chi connectivity index (χ0) is 13.2. The molecular formula is C13H14FN3OS. The zero-order valence-corrected chi connectivity index (χ0v) is 11.1. The molecule has 0 spiro atoms. The summed E-state index contributed by atoms with van der Waals surface area (Å²) in [4.78, 5) is 0. The van der Waals surface area contributed by atoms with Crippen LogP contribution in [-0.2, 0) is 11.3 Å². The monoisotopic (exact) mass is 279 g/mol. The van der Waals surface area contributed by atoms with Gasteiger partial charge < -0.3 is 4.74 Å². The van der Waals surface area contributed by atoms with Crippen LogP contribution in [0.4, 0.5) is 4.39 Å². The molecule has 100 valence electrons. The minimum Gasteiger partial charge on any atom is -0.376 e. The molecule has 1 aromatic heterocycles. The summed E-state index contributed by atoms with van der Waals surface area (Å²) in [6, 6.07) is 6.56. The molecule has 3 rings (SSSR count). The van der Waals surface area contributed by atoms with Gasteiger partial charge >= 0.3 is 0 Å². The molecular weight excluding hydrogens is 265 g/mol. The maximum atomic E-state index is 13.8. The van der Waals surface area contributed by atoms with Crippen molar-refractivity contribution < 1.29 is 9.13 Å². The van der Waals surface area contributed by atoms with E-state index in [1.54, 1.807) is 18.2 Å². The Morgan fingerprint density at radius 3 is 3.05 bits per heavy atom. The fourth-order valence-electron chi connectivity index (χ4n) is 2.33. The van der Waals surface area contributed by atoms with Crippen molar-refractivity contribution in [2.24, 2.45) is 0 Å². The lowest BCUT2D eigenvalue weighted by molar-refractivity contribution is 0.0969. The van der Waals surface area contributed by atoms with Crippen LogP contribution in [0.2, 0.25) is 0 Å². The molecule has 2 aromatic rings. The van der Waals surface area contributed by atoms with Gasteiger partial charge in [-0.25, -0.2) is 4.39 Å². The van der Waals surface area contributed by atoms with Crippen molar-refractivity contribution in [1.29, 1.82) is 0 Å². The molecule has 1 aromatic carbocycles. The third-order valence-corrected chi connectivity index (χ3v) is 3.59. The first-order valence-corrected chi connectivity index (χ1v) is 6.68. The van der Waals surface area contributed by atoms with E-state index < -0.39 is 0 Å². The van der Waals surface area contributed by atoms with E-state index >= 15 is 0 Å². The molecule has 4 nitrogen and oxygen atoms in total. The minimum atomic E-state index is -0.301. The lowest BCUT2D eigenvalue weighted by Gasteiger charge is -2.12. The largest absolute Gasteiger partial charge is 0.376 e. The van der Waals surface area contributed by atoms with Crippen molar-refractivity contribution in [3.63, 3.8) is 0 Å². The molecule has 1 fully saturated rings. The normalized spacial score (nSPS) is 18.9. The highest BCUT2D eigenvalue weighted by Gasteiger charge is 2.20. The molecule has 1 atom stereocenters. The molecule has 19 heavy (non-hydrogen) atoms. The van der Waals surface area contributed by atoms with Gasteiger partial charge in [-0.15, -0.1) is 0 Å². The van der Waals surface area contributed by atoms with Gasteiger partial charge in [0.25, 0.3) is 0 Å². The van der Waals surface area contributed by atoms with Crippen molar-refractivity contribution in [2.45, 2.75) is 25.5 Å². The summed E-state index contributed by atoms with van der Waals surface area (Å²) in [6.45, 7) is 1.39. The summed E-state index contributed by atoms with van der Waals surface area (Å²) < 4.78 is 21.7. The molecule has 0 bridgehead atoms. The van der Waals surface area contributed by atoms with E-state index in [1.807, 2.05) is 4.57 Å². The molecule has 6 heteroatoms. The predicted octanol–water partition coefficient (Wildman–Crippen LogP) is 2.93. The van der Waals surface area contributed by atoms with Gasteiger partial charge in [0.2, 0.25) is 0 Å². The number of aromatic nitrogens is 3. The van der Waals surface area contributed by atoms with E-state index in [-0.39, 0.29) is 11.9 Å². The van der Waals surface area contributed by atoms with Crippen LogP contribution in [0.15, 0.2) is 24.3 Å². The Kier molecular flexibility index (Phi) is 3.44. The summed E-state index contributed by atoms with van der Waals surface area (Å²) in [6.07, 6.45) is 2.20. The van der Waals surface area contributed by atoms with E-state index in [4.69, 9.17) is 17.0 Å². The molecule has 0 aliphatic carbocycles. The van der Waals surface area contributed by atoms with E-state index in [0.717, 1.165) is 19.4 Å². The highest BCUT2D eigenvalue weighted by Crippen LogP contribution is 2.22. The van der Waals surface area contributed by atoms with Gasteiger partial charge in [-0.05, 0) is 37.2 Å². The fraction of sp³-hybridized carbons (Fsp3) is 0.385. The third kappa shape index (κ3) is 2.46. The number of H-pyrrole nitrogens is 1. The summed E-state index contributed by atoms with van der Waals surface area (Å²) in [5.41, 5.74) is 0.452. The van der Waals surface area contributed by atoms with Crippen LogP contribution in [0.25, 0.3) is 11.4 Å². The first kappa shape index (κ1) is 12.5. The summed E-state index contributed by atoms with van der Waals surface area (Å²) in [5.74, 6) is 0.226. The van der Waals surface area contributed by atoms with Crippen LogP contribution >= 0.6 is 12.2 Å². The number of halogens is 1. The first-order chi connectivity index (χ1) is 9.25. The number of hydrogen-bond acceptors (Lipinski definition) is 3. The predicted molar refractivity (Wildman–Crippen MR) is 71.8 cm³/mol. The van der Waals surface area contributed by atoms with Crippen molar-refractivity contribution in [1.82, 2.24) is 14.8 Å². The highest BCUT2D eigenvalue weighted by molar-refractivity contribution is 7.71.